The lowest BCUT2D eigenvalue weighted by Crippen LogP contribution is -2.01. The third-order valence-corrected chi connectivity index (χ3v) is 5.30. The number of fused-ring (bicyclic) bond motifs is 6. The fraction of sp³-hybridized carbons (Fsp3) is 0. The lowest BCUT2D eigenvalue weighted by molar-refractivity contribution is 0.558. The molecule has 0 spiro atoms. The summed E-state index contributed by atoms with van der Waals surface area (Å²) in [6.07, 6.45) is 1.64. The van der Waals surface area contributed by atoms with E-state index in [1.165, 1.54) is 0 Å². The molecule has 0 aliphatic rings. The van der Waals surface area contributed by atoms with Crippen LogP contribution in [0.3, 0.4) is 0 Å². The van der Waals surface area contributed by atoms with Crippen LogP contribution in [-0.2, 0) is 0 Å². The summed E-state index contributed by atoms with van der Waals surface area (Å²) in [6, 6.07) is 26.3. The molecule has 132 valence electrons. The van der Waals surface area contributed by atoms with Gasteiger partial charge in [-0.1, -0.05) is 36.4 Å². The minimum Gasteiger partial charge on any atom is -0.403 e. The quantitative estimate of drug-likeness (QED) is 0.366. The first-order valence-corrected chi connectivity index (χ1v) is 9.11. The van der Waals surface area contributed by atoms with Gasteiger partial charge in [0.2, 0.25) is 5.71 Å². The second-order valence-corrected chi connectivity index (χ2v) is 6.85. The van der Waals surface area contributed by atoms with Gasteiger partial charge in [0.05, 0.1) is 16.4 Å². The molecule has 0 aliphatic heterocycles. The predicted octanol–water partition coefficient (Wildman–Crippen LogP) is 5.44. The minimum absolute atomic E-state index is 0.361. The molecule has 0 fully saturated rings. The Morgan fingerprint density at radius 1 is 0.679 bits per heavy atom. The van der Waals surface area contributed by atoms with Crippen molar-refractivity contribution >= 4 is 43.7 Å². The zero-order chi connectivity index (χ0) is 18.7. The molecule has 3 aromatic heterocycles. The van der Waals surface area contributed by atoms with Crippen LogP contribution in [0.1, 0.15) is 0 Å². The molecule has 0 unspecified atom stereocenters. The van der Waals surface area contributed by atoms with E-state index >= 15 is 0 Å². The summed E-state index contributed by atoms with van der Waals surface area (Å²) in [4.78, 5) is 16.9. The van der Waals surface area contributed by atoms with Crippen molar-refractivity contribution < 1.29 is 4.42 Å². The van der Waals surface area contributed by atoms with Gasteiger partial charge in [0.15, 0.2) is 0 Å². The topological polar surface area (TPSA) is 48.0 Å². The van der Waals surface area contributed by atoms with Gasteiger partial charge in [-0.2, -0.15) is 0 Å². The van der Waals surface area contributed by atoms with E-state index in [0.29, 0.717) is 11.1 Å². The molecular weight excluding hydrogens is 348 g/mol. The van der Waals surface area contributed by atoms with E-state index in [4.69, 9.17) is 4.42 Å². The number of hydrogen-bond acceptors (Lipinski definition) is 3. The minimum atomic E-state index is -0.361. The molecular formula is C24H14N2O2. The summed E-state index contributed by atoms with van der Waals surface area (Å²) in [5, 5.41) is 4.40. The molecule has 6 rings (SSSR count). The van der Waals surface area contributed by atoms with Crippen LogP contribution in [0.5, 0.6) is 0 Å². The first-order valence-electron chi connectivity index (χ1n) is 9.11. The van der Waals surface area contributed by atoms with E-state index in [1.54, 1.807) is 6.20 Å². The number of para-hydroxylation sites is 2. The van der Waals surface area contributed by atoms with E-state index in [0.717, 1.165) is 38.3 Å². The Labute approximate surface area is 159 Å². The van der Waals surface area contributed by atoms with Crippen LogP contribution in [0.25, 0.3) is 49.4 Å². The van der Waals surface area contributed by atoms with Gasteiger partial charge in [-0.15, -0.1) is 0 Å². The zero-order valence-corrected chi connectivity index (χ0v) is 14.8. The highest BCUT2D eigenvalue weighted by Gasteiger charge is 2.16. The van der Waals surface area contributed by atoms with Gasteiger partial charge in [0.1, 0.15) is 0 Å². The van der Waals surface area contributed by atoms with Crippen molar-refractivity contribution in [2.24, 2.45) is 0 Å². The van der Waals surface area contributed by atoms with Gasteiger partial charge in [-0.3, -0.25) is 0 Å². The number of rotatable bonds is 1. The highest BCUT2D eigenvalue weighted by molar-refractivity contribution is 6.16. The number of aromatic nitrogens is 2. The molecule has 28 heavy (non-hydrogen) atoms. The van der Waals surface area contributed by atoms with Gasteiger partial charge in [0, 0.05) is 33.4 Å². The Morgan fingerprint density at radius 2 is 1.46 bits per heavy atom. The van der Waals surface area contributed by atoms with Crippen LogP contribution in [0, 0.1) is 0 Å². The van der Waals surface area contributed by atoms with E-state index in [2.05, 4.69) is 39.9 Å². The van der Waals surface area contributed by atoms with Gasteiger partial charge < -0.3 is 8.98 Å². The van der Waals surface area contributed by atoms with Crippen molar-refractivity contribution in [2.75, 3.05) is 0 Å². The van der Waals surface area contributed by atoms with E-state index in [-0.39, 0.29) is 5.63 Å². The fourth-order valence-corrected chi connectivity index (χ4v) is 4.08. The SMILES string of the molecule is O=c1oc2ncccc2c2cc3c(cc12)c1ccccc1n3-c1ccccc1. The van der Waals surface area contributed by atoms with Crippen molar-refractivity contribution in [3.8, 4) is 5.69 Å². The fourth-order valence-electron chi connectivity index (χ4n) is 4.08. The third-order valence-electron chi connectivity index (χ3n) is 5.30. The first kappa shape index (κ1) is 15.2. The smallest absolute Gasteiger partial charge is 0.345 e. The molecule has 0 saturated heterocycles. The number of pyridine rings is 1. The van der Waals surface area contributed by atoms with Crippen LogP contribution in [0.15, 0.2) is 94.3 Å². The zero-order valence-electron chi connectivity index (χ0n) is 14.8. The maximum atomic E-state index is 12.6. The molecule has 4 heteroatoms. The maximum Gasteiger partial charge on any atom is 0.345 e. The summed E-state index contributed by atoms with van der Waals surface area (Å²) in [7, 11) is 0. The molecule has 0 bridgehead atoms. The van der Waals surface area contributed by atoms with Gasteiger partial charge in [-0.25, -0.2) is 9.78 Å². The highest BCUT2D eigenvalue weighted by Crippen LogP contribution is 2.35. The molecule has 3 heterocycles. The molecule has 0 N–H and O–H groups in total. The summed E-state index contributed by atoms with van der Waals surface area (Å²) >= 11 is 0. The number of benzene rings is 3. The van der Waals surface area contributed by atoms with Crippen molar-refractivity contribution in [2.45, 2.75) is 0 Å². The van der Waals surface area contributed by atoms with Crippen LogP contribution < -0.4 is 5.63 Å². The van der Waals surface area contributed by atoms with Crippen molar-refractivity contribution in [3.63, 3.8) is 0 Å². The van der Waals surface area contributed by atoms with Crippen LogP contribution >= 0.6 is 0 Å². The van der Waals surface area contributed by atoms with Crippen LogP contribution in [0.2, 0.25) is 0 Å². The molecule has 0 aliphatic carbocycles. The van der Waals surface area contributed by atoms with Crippen molar-refractivity contribution in [1.29, 1.82) is 0 Å². The summed E-state index contributed by atoms with van der Waals surface area (Å²) in [5.41, 5.74) is 3.24. The summed E-state index contributed by atoms with van der Waals surface area (Å²) in [5.74, 6) is 0. The van der Waals surface area contributed by atoms with Crippen molar-refractivity contribution in [1.82, 2.24) is 9.55 Å². The standard InChI is InChI=1S/C24H14N2O2/c27-24-20-13-19-16-9-4-5-11-21(16)26(15-7-2-1-3-8-15)22(19)14-18(20)17-10-6-12-25-23(17)28-24/h1-14H. The molecule has 6 aromatic rings. The Balaban J connectivity index is 1.89. The Hall–Kier alpha value is -3.92. The Morgan fingerprint density at radius 3 is 2.36 bits per heavy atom. The molecule has 0 radical (unpaired) electrons. The lowest BCUT2D eigenvalue weighted by Gasteiger charge is -2.08. The molecule has 0 atom stereocenters. The van der Waals surface area contributed by atoms with Crippen LogP contribution in [-0.4, -0.2) is 9.55 Å². The molecule has 0 amide bonds. The van der Waals surface area contributed by atoms with Gasteiger partial charge in [-0.05, 0) is 42.5 Å². The third kappa shape index (κ3) is 2.00. The second-order valence-electron chi connectivity index (χ2n) is 6.85. The normalized spacial score (nSPS) is 11.7. The Kier molecular flexibility index (Phi) is 3.00. The average molecular weight is 362 g/mol. The molecule has 3 aromatic carbocycles. The lowest BCUT2D eigenvalue weighted by atomic mass is 10.1. The average Bonchev–Trinajstić information content (AvgIpc) is 3.07. The monoisotopic (exact) mass is 362 g/mol. The largest absolute Gasteiger partial charge is 0.403 e. The van der Waals surface area contributed by atoms with Crippen LogP contribution in [0.4, 0.5) is 0 Å². The molecule has 0 saturated carbocycles. The highest BCUT2D eigenvalue weighted by atomic mass is 16.4. The van der Waals surface area contributed by atoms with E-state index in [1.807, 2.05) is 48.5 Å². The van der Waals surface area contributed by atoms with Crippen molar-refractivity contribution in [3.05, 3.63) is 95.5 Å². The summed E-state index contributed by atoms with van der Waals surface area (Å²) < 4.78 is 7.69. The number of hydrogen-bond donors (Lipinski definition) is 0. The van der Waals surface area contributed by atoms with E-state index < -0.39 is 0 Å². The first-order chi connectivity index (χ1) is 13.8. The maximum absolute atomic E-state index is 12.6. The number of nitrogens with zero attached hydrogens (tertiary/aromatic N) is 2. The van der Waals surface area contributed by atoms with Gasteiger partial charge in [0.25, 0.3) is 0 Å². The van der Waals surface area contributed by atoms with E-state index in [9.17, 15) is 4.79 Å². The predicted molar refractivity (Wildman–Crippen MR) is 112 cm³/mol. The second kappa shape index (κ2) is 5.54. The Bertz CT molecular complexity index is 1580. The summed E-state index contributed by atoms with van der Waals surface area (Å²) in [6.45, 7) is 0. The van der Waals surface area contributed by atoms with Gasteiger partial charge >= 0.3 is 5.63 Å². The molecule has 4 nitrogen and oxygen atoms in total.